The summed E-state index contributed by atoms with van der Waals surface area (Å²) in [6, 6.07) is 51.5. The van der Waals surface area contributed by atoms with E-state index in [9.17, 15) is 39.6 Å². The van der Waals surface area contributed by atoms with Crippen LogP contribution in [-0.2, 0) is 76.5 Å². The van der Waals surface area contributed by atoms with Crippen LogP contribution in [0.15, 0.2) is 239 Å². The molecule has 28 nitrogen and oxygen atoms in total. The standard InChI is InChI=1S/4C25H27N5O2.4CH4/c1-4-30-15-28-22-20(23(30)31)19(16-9-11-27-12-10-16)21(29(22)3)17-5-7-18(8-6-17)25(26)13-24(2,32)14-25;1-4-30-15-28-22-20(23(30)31)19(17-6-5-11-27-12-17)21(29(22)3)16-7-9-18(10-8-16)25(26)13-24(2,32)14-25;2*1-4-30-15-28-22-20(23(30)31)19(18-7-5-6-12-27-18)21(29(22)3)16-8-10-17(11-9-16)25(26)13-24(2,32)14-25;;;;/h4*5-12,15,32H,4,13-14,26H2,1-3H3;4*1H4. The van der Waals surface area contributed by atoms with E-state index in [1.807, 2.05) is 260 Å². The Bertz CT molecular complexity index is 6300. The number of benzene rings is 4. The van der Waals surface area contributed by atoms with E-state index >= 15 is 0 Å². The number of rotatable bonds is 16. The van der Waals surface area contributed by atoms with Crippen LogP contribution in [0.4, 0.5) is 0 Å². The molecular weight excluding hydrogens is 1660 g/mol. The van der Waals surface area contributed by atoms with Gasteiger partial charge in [-0.15, -0.1) is 0 Å². The van der Waals surface area contributed by atoms with Gasteiger partial charge in [0.2, 0.25) is 0 Å². The Hall–Kier alpha value is -13.2. The van der Waals surface area contributed by atoms with Gasteiger partial charge < -0.3 is 61.6 Å². The van der Waals surface area contributed by atoms with Gasteiger partial charge in [0.25, 0.3) is 22.2 Å². The first-order valence-electron chi connectivity index (χ1n) is 43.4. The van der Waals surface area contributed by atoms with Crippen molar-refractivity contribution in [2.24, 2.45) is 51.1 Å². The second-order valence-corrected chi connectivity index (χ2v) is 36.5. The summed E-state index contributed by atoms with van der Waals surface area (Å²) in [5, 5.41) is 43.0. The number of pyridine rings is 4. The van der Waals surface area contributed by atoms with Gasteiger partial charge in [0.05, 0.1) is 103 Å². The first-order chi connectivity index (χ1) is 61.0. The number of aromatic nitrogens is 16. The SMILES string of the molecule is C.C.C.C.CCn1cnc2c(c(-c3ccccn3)c(-c3ccc(C4(N)CC(C)(O)C4)cc3)n2C)c1=O.CCn1cnc2c(c(-c3ccccn3)c(-c3ccc(C4(N)CC(C)(O)C4)cc3)n2C)c1=O.CCn1cnc2c(c(-c3cccnc3)c(-c3ccc(C4(N)CC(C)(O)C4)cc3)n2C)c1=O.CCn1cnc2c(c(-c3ccncc3)c(-c3ccc(C4(N)CC(C)(O)C4)cc3)n2C)c1=O. The highest BCUT2D eigenvalue weighted by Crippen LogP contribution is 2.52. The summed E-state index contributed by atoms with van der Waals surface area (Å²) in [6.07, 6.45) is 21.1. The molecule has 20 rings (SSSR count). The molecule has 0 amide bonds. The lowest BCUT2D eigenvalue weighted by Gasteiger charge is -2.49. The van der Waals surface area contributed by atoms with Crippen molar-refractivity contribution in [1.29, 1.82) is 0 Å². The number of aliphatic hydroxyl groups is 4. The van der Waals surface area contributed by atoms with E-state index in [2.05, 4.69) is 39.9 Å². The third-order valence-corrected chi connectivity index (χ3v) is 26.3. The third-order valence-electron chi connectivity index (χ3n) is 26.3. The fourth-order valence-electron chi connectivity index (χ4n) is 20.6. The predicted molar refractivity (Wildman–Crippen MR) is 527 cm³/mol. The lowest BCUT2D eigenvalue weighted by molar-refractivity contribution is -0.0744. The Labute approximate surface area is 768 Å². The maximum Gasteiger partial charge on any atom is 0.263 e. The molecule has 132 heavy (non-hydrogen) atoms. The molecule has 0 saturated heterocycles. The first kappa shape index (κ1) is 96.4. The number of hydrogen-bond acceptors (Lipinski definition) is 20. The first-order valence-corrected chi connectivity index (χ1v) is 43.4. The van der Waals surface area contributed by atoms with Crippen molar-refractivity contribution in [2.45, 2.75) is 207 Å². The molecule has 0 spiro atoms. The fraction of sp³-hybridized carbons (Fsp3) is 0.346. The van der Waals surface area contributed by atoms with E-state index in [-0.39, 0.29) is 51.9 Å². The quantitative estimate of drug-likeness (QED) is 0.0445. The maximum atomic E-state index is 13.3. The van der Waals surface area contributed by atoms with Crippen molar-refractivity contribution in [2.75, 3.05) is 0 Å². The number of nitrogens with two attached hydrogens (primary N) is 4. The molecule has 0 bridgehead atoms. The van der Waals surface area contributed by atoms with E-state index < -0.39 is 44.6 Å². The minimum Gasteiger partial charge on any atom is -0.390 e. The Balaban J connectivity index is 0.000000148. The molecule has 12 heterocycles. The topological polar surface area (TPSA) is 396 Å². The highest BCUT2D eigenvalue weighted by atomic mass is 16.3. The summed E-state index contributed by atoms with van der Waals surface area (Å²) in [5.41, 5.74) is 41.4. The summed E-state index contributed by atoms with van der Waals surface area (Å²) < 4.78 is 14.3. The molecule has 16 aromatic rings. The molecule has 4 fully saturated rings. The highest BCUT2D eigenvalue weighted by Gasteiger charge is 2.53. The van der Waals surface area contributed by atoms with Gasteiger partial charge in [-0.25, -0.2) is 19.9 Å². The van der Waals surface area contributed by atoms with E-state index in [0.717, 1.165) is 112 Å². The Morgan fingerprint density at radius 3 is 0.788 bits per heavy atom. The minimum atomic E-state index is -0.708. The summed E-state index contributed by atoms with van der Waals surface area (Å²) >= 11 is 0. The Morgan fingerprint density at radius 1 is 0.295 bits per heavy atom. The lowest BCUT2D eigenvalue weighted by Crippen LogP contribution is -2.58. The van der Waals surface area contributed by atoms with Crippen molar-refractivity contribution in [3.63, 3.8) is 0 Å². The highest BCUT2D eigenvalue weighted by molar-refractivity contribution is 6.06. The number of hydrogen-bond donors (Lipinski definition) is 8. The van der Waals surface area contributed by atoms with Gasteiger partial charge in [0.1, 0.15) is 22.6 Å². The second kappa shape index (κ2) is 36.2. The smallest absolute Gasteiger partial charge is 0.263 e. The molecule has 688 valence electrons. The zero-order valence-corrected chi connectivity index (χ0v) is 74.2. The molecule has 4 saturated carbocycles. The van der Waals surface area contributed by atoms with Crippen molar-refractivity contribution in [1.82, 2.24) is 76.4 Å². The molecule has 4 aromatic carbocycles. The van der Waals surface area contributed by atoms with E-state index in [1.165, 1.54) is 0 Å². The van der Waals surface area contributed by atoms with Crippen molar-refractivity contribution < 1.29 is 20.4 Å². The van der Waals surface area contributed by atoms with Crippen LogP contribution in [0.2, 0.25) is 0 Å². The van der Waals surface area contributed by atoms with Crippen LogP contribution in [0.1, 0.15) is 159 Å². The zero-order chi connectivity index (χ0) is 90.7. The Kier molecular flexibility index (Phi) is 26.4. The van der Waals surface area contributed by atoms with Gasteiger partial charge >= 0.3 is 0 Å². The summed E-state index contributed by atoms with van der Waals surface area (Å²) in [4.78, 5) is 89.1. The van der Waals surface area contributed by atoms with Gasteiger partial charge in [0.15, 0.2) is 0 Å². The Morgan fingerprint density at radius 2 is 0.553 bits per heavy atom. The fourth-order valence-corrected chi connectivity index (χ4v) is 20.6. The molecule has 12 N–H and O–H groups in total. The minimum absolute atomic E-state index is 0. The van der Waals surface area contributed by atoms with Crippen molar-refractivity contribution in [3.8, 4) is 89.8 Å². The number of aryl methyl sites for hydroxylation is 8. The van der Waals surface area contributed by atoms with Crippen LogP contribution in [0.3, 0.4) is 0 Å². The molecular formula is C104H124N20O8. The molecule has 4 aliphatic rings. The van der Waals surface area contributed by atoms with Crippen molar-refractivity contribution >= 4 is 44.1 Å². The summed E-state index contributed by atoms with van der Waals surface area (Å²) in [7, 11) is 7.72. The summed E-state index contributed by atoms with van der Waals surface area (Å²) in [5.74, 6) is 0. The number of fused-ring (bicyclic) bond motifs is 4. The molecule has 4 aliphatic carbocycles. The van der Waals surface area contributed by atoms with Gasteiger partial charge in [-0.2, -0.15) is 0 Å². The van der Waals surface area contributed by atoms with Crippen LogP contribution in [0.25, 0.3) is 134 Å². The molecule has 12 aromatic heterocycles. The normalized spacial score (nSPS) is 22.1. The third kappa shape index (κ3) is 17.1. The van der Waals surface area contributed by atoms with Gasteiger partial charge in [-0.05, 0) is 199 Å². The van der Waals surface area contributed by atoms with Crippen LogP contribution < -0.4 is 45.2 Å². The average Bonchev–Trinajstić information content (AvgIpc) is 1.71. The second-order valence-electron chi connectivity index (χ2n) is 36.5. The van der Waals surface area contributed by atoms with Crippen LogP contribution in [0.5, 0.6) is 0 Å². The zero-order valence-electron chi connectivity index (χ0n) is 74.2. The maximum absolute atomic E-state index is 13.3. The van der Waals surface area contributed by atoms with Crippen LogP contribution in [0, 0.1) is 0 Å². The van der Waals surface area contributed by atoms with Crippen LogP contribution in [-0.4, -0.2) is 119 Å². The molecule has 0 radical (unpaired) electrons. The molecule has 28 heteroatoms. The monoisotopic (exact) mass is 1780 g/mol. The van der Waals surface area contributed by atoms with E-state index in [1.54, 1.807) is 80.8 Å². The van der Waals surface area contributed by atoms with E-state index in [4.69, 9.17) is 22.9 Å². The molecule has 0 unspecified atom stereocenters. The molecule has 0 aliphatic heterocycles. The van der Waals surface area contributed by atoms with Gasteiger partial charge in [-0.3, -0.25) is 57.4 Å². The molecule has 0 atom stereocenters. The van der Waals surface area contributed by atoms with Gasteiger partial charge in [-0.1, -0.05) is 145 Å². The van der Waals surface area contributed by atoms with Crippen LogP contribution >= 0.6 is 0 Å². The van der Waals surface area contributed by atoms with Crippen molar-refractivity contribution in [3.05, 3.63) is 284 Å². The largest absolute Gasteiger partial charge is 0.390 e. The van der Waals surface area contributed by atoms with Gasteiger partial charge in [0, 0.05) is 142 Å². The number of nitrogens with zero attached hydrogens (tertiary/aromatic N) is 16. The lowest BCUT2D eigenvalue weighted by atomic mass is 9.63. The van der Waals surface area contributed by atoms with E-state index in [0.29, 0.717) is 122 Å². The predicted octanol–water partition coefficient (Wildman–Crippen LogP) is 15.3. The average molecular weight is 1780 g/mol. The summed E-state index contributed by atoms with van der Waals surface area (Å²) in [6.45, 7) is 17.2.